The molecule has 0 spiro atoms. The molecule has 0 N–H and O–H groups in total. The molecule has 1 aromatic carbocycles. The molecule has 1 heterocycles. The van der Waals surface area contributed by atoms with Crippen LogP contribution < -0.4 is 0 Å². The topological polar surface area (TPSA) is 26.0 Å². The lowest BCUT2D eigenvalue weighted by molar-refractivity contribution is -0.136. The minimum Gasteiger partial charge on any atom is -0.356 e. The van der Waals surface area contributed by atoms with E-state index in [-0.39, 0.29) is 22.6 Å². The Kier molecular flexibility index (Phi) is 2.84. The first-order valence-corrected chi connectivity index (χ1v) is 3.49. The molecule has 0 atom stereocenters. The summed E-state index contributed by atoms with van der Waals surface area (Å²) in [5, 5.41) is 3.66. The van der Waals surface area contributed by atoms with Crippen LogP contribution >= 0.6 is 17.0 Å². The molecule has 14 heavy (non-hydrogen) atoms. The Balaban J connectivity index is 0.000000980. The van der Waals surface area contributed by atoms with Gasteiger partial charge >= 0.3 is 6.18 Å². The van der Waals surface area contributed by atoms with Crippen molar-refractivity contribution in [3.8, 4) is 0 Å². The molecule has 1 aromatic heterocycles. The predicted octanol–water partition coefficient (Wildman–Crippen LogP) is 3.42. The number of halogens is 4. The van der Waals surface area contributed by atoms with Gasteiger partial charge < -0.3 is 4.52 Å². The smallest absolute Gasteiger partial charge is 0.356 e. The lowest BCUT2D eigenvalue weighted by atomic mass is 10.1. The summed E-state index contributed by atoms with van der Waals surface area (Å²) in [5.41, 5.74) is -1.00. The third-order valence-electron chi connectivity index (χ3n) is 1.69. The summed E-state index contributed by atoms with van der Waals surface area (Å²) >= 11 is 0. The van der Waals surface area contributed by atoms with Crippen molar-refractivity contribution in [3.63, 3.8) is 0 Å². The second kappa shape index (κ2) is 3.61. The van der Waals surface area contributed by atoms with Crippen molar-refractivity contribution in [1.29, 1.82) is 0 Å². The normalized spacial score (nSPS) is 11.4. The van der Waals surface area contributed by atoms with E-state index in [4.69, 9.17) is 0 Å². The molecule has 0 radical (unpaired) electrons. The molecular formula is C8H5BrF3NO. The Morgan fingerprint density at radius 3 is 2.57 bits per heavy atom. The molecule has 0 aliphatic carbocycles. The van der Waals surface area contributed by atoms with E-state index in [1.807, 2.05) is 0 Å². The van der Waals surface area contributed by atoms with Crippen LogP contribution in [0, 0.1) is 0 Å². The maximum Gasteiger partial charge on any atom is 0.420 e. The first-order chi connectivity index (χ1) is 6.09. The molecule has 0 saturated carbocycles. The van der Waals surface area contributed by atoms with E-state index >= 15 is 0 Å². The molecule has 0 bridgehead atoms. The highest BCUT2D eigenvalue weighted by atomic mass is 79.9. The average molecular weight is 268 g/mol. The second-order valence-corrected chi connectivity index (χ2v) is 2.55. The van der Waals surface area contributed by atoms with Crippen molar-refractivity contribution in [1.82, 2.24) is 5.16 Å². The number of aromatic nitrogens is 1. The van der Waals surface area contributed by atoms with E-state index in [1.165, 1.54) is 18.3 Å². The summed E-state index contributed by atoms with van der Waals surface area (Å²) < 4.78 is 41.4. The second-order valence-electron chi connectivity index (χ2n) is 2.55. The number of rotatable bonds is 0. The van der Waals surface area contributed by atoms with Crippen LogP contribution in [0.25, 0.3) is 11.0 Å². The van der Waals surface area contributed by atoms with Gasteiger partial charge in [-0.05, 0) is 12.1 Å². The quantitative estimate of drug-likeness (QED) is 0.731. The van der Waals surface area contributed by atoms with Gasteiger partial charge in [0.2, 0.25) is 0 Å². The van der Waals surface area contributed by atoms with Crippen molar-refractivity contribution in [2.75, 3.05) is 0 Å². The average Bonchev–Trinajstić information content (AvgIpc) is 2.48. The number of para-hydroxylation sites is 1. The Labute approximate surface area is 87.5 Å². The molecule has 76 valence electrons. The Morgan fingerprint density at radius 2 is 1.93 bits per heavy atom. The Morgan fingerprint density at radius 1 is 1.21 bits per heavy atom. The van der Waals surface area contributed by atoms with E-state index in [2.05, 4.69) is 9.68 Å². The summed E-state index contributed by atoms with van der Waals surface area (Å²) in [6.45, 7) is 0. The van der Waals surface area contributed by atoms with Crippen LogP contribution in [0.3, 0.4) is 0 Å². The fourth-order valence-corrected chi connectivity index (χ4v) is 1.12. The lowest BCUT2D eigenvalue weighted by Crippen LogP contribution is -2.04. The molecule has 0 aliphatic heterocycles. The maximum atomic E-state index is 12.3. The third kappa shape index (κ3) is 1.75. The molecule has 2 nitrogen and oxygen atoms in total. The van der Waals surface area contributed by atoms with Crippen molar-refractivity contribution < 1.29 is 17.7 Å². The highest BCUT2D eigenvalue weighted by Crippen LogP contribution is 2.34. The molecule has 0 saturated heterocycles. The van der Waals surface area contributed by atoms with E-state index in [9.17, 15) is 13.2 Å². The van der Waals surface area contributed by atoms with Gasteiger partial charge in [0.05, 0.1) is 6.20 Å². The van der Waals surface area contributed by atoms with Gasteiger partial charge in [-0.25, -0.2) is 0 Å². The van der Waals surface area contributed by atoms with Gasteiger partial charge in [-0.2, -0.15) is 13.2 Å². The van der Waals surface area contributed by atoms with Crippen molar-refractivity contribution in [2.45, 2.75) is 6.18 Å². The van der Waals surface area contributed by atoms with Crippen LogP contribution in [-0.2, 0) is 6.18 Å². The fraction of sp³-hybridized carbons (Fsp3) is 0.125. The summed E-state index contributed by atoms with van der Waals surface area (Å²) in [4.78, 5) is 0. The first-order valence-electron chi connectivity index (χ1n) is 3.49. The van der Waals surface area contributed by atoms with Crippen molar-refractivity contribution >= 4 is 28.0 Å². The molecule has 0 unspecified atom stereocenters. The Bertz CT molecular complexity index is 437. The van der Waals surface area contributed by atoms with Crippen LogP contribution in [0.4, 0.5) is 13.2 Å². The minimum atomic E-state index is -4.39. The lowest BCUT2D eigenvalue weighted by Gasteiger charge is -2.04. The van der Waals surface area contributed by atoms with E-state index in [1.54, 1.807) is 0 Å². The van der Waals surface area contributed by atoms with Gasteiger partial charge in [0.25, 0.3) is 0 Å². The van der Waals surface area contributed by atoms with Crippen molar-refractivity contribution in [3.05, 3.63) is 30.0 Å². The van der Waals surface area contributed by atoms with Gasteiger partial charge in [0.1, 0.15) is 5.56 Å². The van der Waals surface area contributed by atoms with Crippen LogP contribution in [0.5, 0.6) is 0 Å². The van der Waals surface area contributed by atoms with Crippen molar-refractivity contribution in [2.24, 2.45) is 0 Å². The zero-order valence-electron chi connectivity index (χ0n) is 6.71. The van der Waals surface area contributed by atoms with Crippen LogP contribution in [0.15, 0.2) is 28.9 Å². The SMILES string of the molecule is Br.FC(F)(F)c1cccc2cnoc12. The fourth-order valence-electron chi connectivity index (χ4n) is 1.12. The number of hydrogen-bond donors (Lipinski definition) is 0. The zero-order valence-corrected chi connectivity index (χ0v) is 8.42. The van der Waals surface area contributed by atoms with Crippen LogP contribution in [-0.4, -0.2) is 5.16 Å². The first kappa shape index (κ1) is 11.0. The highest BCUT2D eigenvalue weighted by Gasteiger charge is 2.34. The number of fused-ring (bicyclic) bond motifs is 1. The van der Waals surface area contributed by atoms with Gasteiger partial charge in [-0.15, -0.1) is 17.0 Å². The molecule has 2 rings (SSSR count). The Hall–Kier alpha value is -1.04. The van der Waals surface area contributed by atoms with E-state index in [0.29, 0.717) is 5.39 Å². The van der Waals surface area contributed by atoms with Gasteiger partial charge in [0, 0.05) is 5.39 Å². The van der Waals surface area contributed by atoms with Gasteiger partial charge in [-0.1, -0.05) is 11.2 Å². The van der Waals surface area contributed by atoms with Gasteiger partial charge in [0.15, 0.2) is 5.58 Å². The van der Waals surface area contributed by atoms with Gasteiger partial charge in [-0.3, -0.25) is 0 Å². The molecular weight excluding hydrogens is 263 g/mol. The monoisotopic (exact) mass is 267 g/mol. The van der Waals surface area contributed by atoms with Crippen LogP contribution in [0.2, 0.25) is 0 Å². The van der Waals surface area contributed by atoms with Crippen LogP contribution in [0.1, 0.15) is 5.56 Å². The summed E-state index contributed by atoms with van der Waals surface area (Å²) in [6, 6.07) is 3.80. The maximum absolute atomic E-state index is 12.3. The number of nitrogens with zero attached hydrogens (tertiary/aromatic N) is 1. The number of benzene rings is 1. The highest BCUT2D eigenvalue weighted by molar-refractivity contribution is 8.93. The standard InChI is InChI=1S/C8H4F3NO.BrH/c9-8(10,11)6-3-1-2-5-4-12-13-7(5)6;/h1-4H;1H. The molecule has 0 fully saturated rings. The largest absolute Gasteiger partial charge is 0.420 e. The molecule has 0 aliphatic rings. The number of hydrogen-bond acceptors (Lipinski definition) is 2. The zero-order chi connectivity index (χ0) is 9.47. The molecule has 6 heteroatoms. The summed E-state index contributed by atoms with van der Waals surface area (Å²) in [7, 11) is 0. The predicted molar refractivity (Wildman–Crippen MR) is 49.3 cm³/mol. The molecule has 0 amide bonds. The third-order valence-corrected chi connectivity index (χ3v) is 1.69. The summed E-state index contributed by atoms with van der Waals surface area (Å²) in [6.07, 6.45) is -3.14. The minimum absolute atomic E-state index is 0. The van der Waals surface area contributed by atoms with E-state index in [0.717, 1.165) is 6.07 Å². The summed E-state index contributed by atoms with van der Waals surface area (Å²) in [5.74, 6) is 0. The number of alkyl halides is 3. The van der Waals surface area contributed by atoms with E-state index < -0.39 is 11.7 Å². The molecule has 2 aromatic rings.